The van der Waals surface area contributed by atoms with Gasteiger partial charge in [-0.15, -0.1) is 0 Å². The van der Waals surface area contributed by atoms with Gasteiger partial charge in [0.05, 0.1) is 11.5 Å². The van der Waals surface area contributed by atoms with Gasteiger partial charge in [0.15, 0.2) is 15.7 Å². The Bertz CT molecular complexity index is 631. The minimum atomic E-state index is -2.89. The number of hydrogen-bond acceptors (Lipinski definition) is 6. The second-order valence-corrected chi connectivity index (χ2v) is 9.06. The van der Waals surface area contributed by atoms with Crippen molar-refractivity contribution in [2.24, 2.45) is 5.92 Å². The van der Waals surface area contributed by atoms with Crippen LogP contribution in [0, 0.1) is 5.92 Å². The van der Waals surface area contributed by atoms with Crippen LogP contribution in [-0.2, 0) is 26.5 Å². The summed E-state index contributed by atoms with van der Waals surface area (Å²) in [4.78, 5) is 16.1. The van der Waals surface area contributed by atoms with Gasteiger partial charge in [-0.2, -0.15) is 4.98 Å². The Kier molecular flexibility index (Phi) is 4.89. The predicted octanol–water partition coefficient (Wildman–Crippen LogP) is 0.851. The number of nitrogens with one attached hydrogen (secondary N) is 1. The molecule has 0 aromatic carbocycles. The number of rotatable bonds is 5. The van der Waals surface area contributed by atoms with Crippen LogP contribution in [0.1, 0.15) is 45.3 Å². The van der Waals surface area contributed by atoms with Gasteiger partial charge in [-0.05, 0) is 12.3 Å². The molecule has 1 aromatic heterocycles. The Hall–Kier alpha value is -1.44. The van der Waals surface area contributed by atoms with Crippen molar-refractivity contribution in [3.63, 3.8) is 0 Å². The van der Waals surface area contributed by atoms with Crippen molar-refractivity contribution in [3.05, 3.63) is 11.7 Å². The third kappa shape index (κ3) is 4.79. The van der Waals surface area contributed by atoms with Crippen LogP contribution in [0.5, 0.6) is 0 Å². The van der Waals surface area contributed by atoms with E-state index < -0.39 is 9.84 Å². The highest BCUT2D eigenvalue weighted by molar-refractivity contribution is 7.91. The molecule has 0 spiro atoms. The lowest BCUT2D eigenvalue weighted by Gasteiger charge is -2.10. The maximum atomic E-state index is 11.8. The molecule has 2 rings (SSSR count). The average Bonchev–Trinajstić information content (AvgIpc) is 3.00. The van der Waals surface area contributed by atoms with E-state index in [4.69, 9.17) is 4.52 Å². The van der Waals surface area contributed by atoms with Crippen LogP contribution >= 0.6 is 0 Å². The molecule has 22 heavy (non-hydrogen) atoms. The summed E-state index contributed by atoms with van der Waals surface area (Å²) in [6, 6.07) is 0. The molecular weight excluding hydrogens is 306 g/mol. The van der Waals surface area contributed by atoms with Gasteiger partial charge in [0.2, 0.25) is 11.8 Å². The topological polar surface area (TPSA) is 102 Å². The molecule has 0 saturated carbocycles. The minimum Gasteiger partial charge on any atom is -0.356 e. The number of nitrogens with zero attached hydrogens (tertiary/aromatic N) is 2. The maximum Gasteiger partial charge on any atom is 0.227 e. The first kappa shape index (κ1) is 16.9. The molecule has 8 heteroatoms. The van der Waals surface area contributed by atoms with Crippen molar-refractivity contribution in [2.45, 2.75) is 45.4 Å². The summed E-state index contributed by atoms with van der Waals surface area (Å²) in [6.45, 7) is 6.38. The summed E-state index contributed by atoms with van der Waals surface area (Å²) in [5.74, 6) is 1.38. The monoisotopic (exact) mass is 329 g/mol. The van der Waals surface area contributed by atoms with Crippen LogP contribution in [0.4, 0.5) is 0 Å². The van der Waals surface area contributed by atoms with E-state index >= 15 is 0 Å². The summed E-state index contributed by atoms with van der Waals surface area (Å²) in [7, 11) is -2.89. The van der Waals surface area contributed by atoms with Crippen molar-refractivity contribution in [1.29, 1.82) is 0 Å². The molecule has 124 valence electrons. The Balaban J connectivity index is 1.73. The van der Waals surface area contributed by atoms with Crippen LogP contribution in [0.15, 0.2) is 4.52 Å². The lowest BCUT2D eigenvalue weighted by atomic mass is 9.96. The standard InChI is InChI=1S/C14H23N3O4S/c1-14(2,3)13-16-12(21-17-13)5-4-11(18)15-8-10-6-7-22(19,20)9-10/h10H,4-9H2,1-3H3,(H,15,18)/t10-/m0/s1. The van der Waals surface area contributed by atoms with Crippen LogP contribution in [0.25, 0.3) is 0 Å². The van der Waals surface area contributed by atoms with E-state index in [1.54, 1.807) is 0 Å². The zero-order chi connectivity index (χ0) is 16.4. The molecule has 1 aliphatic heterocycles. The number of carbonyl (C=O) groups excluding carboxylic acids is 1. The summed E-state index contributed by atoms with van der Waals surface area (Å²) in [6.07, 6.45) is 1.27. The second-order valence-electron chi connectivity index (χ2n) is 6.83. The number of carbonyl (C=O) groups is 1. The molecule has 1 N–H and O–H groups in total. The van der Waals surface area contributed by atoms with Gasteiger partial charge in [-0.3, -0.25) is 4.79 Å². The van der Waals surface area contributed by atoms with Gasteiger partial charge in [0, 0.05) is 24.8 Å². The molecule has 1 aliphatic rings. The quantitative estimate of drug-likeness (QED) is 0.859. The molecule has 1 atom stereocenters. The normalized spacial score (nSPS) is 21.0. The molecule has 2 heterocycles. The van der Waals surface area contributed by atoms with E-state index in [2.05, 4.69) is 15.5 Å². The van der Waals surface area contributed by atoms with Crippen LogP contribution in [0.2, 0.25) is 0 Å². The Morgan fingerprint density at radius 3 is 2.68 bits per heavy atom. The van der Waals surface area contributed by atoms with Crippen LogP contribution in [0.3, 0.4) is 0 Å². The molecular formula is C14H23N3O4S. The lowest BCUT2D eigenvalue weighted by Crippen LogP contribution is -2.30. The van der Waals surface area contributed by atoms with E-state index in [0.29, 0.717) is 31.1 Å². The van der Waals surface area contributed by atoms with Gasteiger partial charge >= 0.3 is 0 Å². The minimum absolute atomic E-state index is 0.0323. The highest BCUT2D eigenvalue weighted by atomic mass is 32.2. The summed E-state index contributed by atoms with van der Waals surface area (Å²) in [5, 5.41) is 6.68. The van der Waals surface area contributed by atoms with Crippen molar-refractivity contribution in [2.75, 3.05) is 18.1 Å². The molecule has 1 amide bonds. The predicted molar refractivity (Wildman–Crippen MR) is 81.1 cm³/mol. The van der Waals surface area contributed by atoms with E-state index in [1.165, 1.54) is 0 Å². The van der Waals surface area contributed by atoms with Gasteiger partial charge in [-0.25, -0.2) is 8.42 Å². The van der Waals surface area contributed by atoms with Crippen molar-refractivity contribution >= 4 is 15.7 Å². The number of aromatic nitrogens is 2. The average molecular weight is 329 g/mol. The fourth-order valence-corrected chi connectivity index (χ4v) is 4.12. The molecule has 0 aliphatic carbocycles. The Morgan fingerprint density at radius 1 is 1.41 bits per heavy atom. The summed E-state index contributed by atoms with van der Waals surface area (Å²) >= 11 is 0. The smallest absolute Gasteiger partial charge is 0.227 e. The van der Waals surface area contributed by atoms with Crippen LogP contribution < -0.4 is 5.32 Å². The Labute approximate surface area is 130 Å². The fourth-order valence-electron chi connectivity index (χ4n) is 2.26. The third-order valence-corrected chi connectivity index (χ3v) is 5.46. The number of sulfone groups is 1. The number of hydrogen-bond donors (Lipinski definition) is 1. The number of amides is 1. The highest BCUT2D eigenvalue weighted by Gasteiger charge is 2.28. The van der Waals surface area contributed by atoms with Gasteiger partial charge in [0.25, 0.3) is 0 Å². The van der Waals surface area contributed by atoms with Gasteiger partial charge < -0.3 is 9.84 Å². The largest absolute Gasteiger partial charge is 0.356 e. The zero-order valence-electron chi connectivity index (χ0n) is 13.3. The van der Waals surface area contributed by atoms with E-state index in [-0.39, 0.29) is 35.2 Å². The SMILES string of the molecule is CC(C)(C)c1noc(CCC(=O)NC[C@@H]2CCS(=O)(=O)C2)n1. The molecule has 1 saturated heterocycles. The lowest BCUT2D eigenvalue weighted by molar-refractivity contribution is -0.121. The summed E-state index contributed by atoms with van der Waals surface area (Å²) < 4.78 is 27.8. The van der Waals surface area contributed by atoms with Crippen molar-refractivity contribution < 1.29 is 17.7 Å². The van der Waals surface area contributed by atoms with Crippen molar-refractivity contribution in [3.8, 4) is 0 Å². The zero-order valence-corrected chi connectivity index (χ0v) is 14.1. The first-order chi connectivity index (χ1) is 10.2. The first-order valence-electron chi connectivity index (χ1n) is 7.46. The highest BCUT2D eigenvalue weighted by Crippen LogP contribution is 2.19. The second kappa shape index (κ2) is 6.36. The fraction of sp³-hybridized carbons (Fsp3) is 0.786. The van der Waals surface area contributed by atoms with E-state index in [9.17, 15) is 13.2 Å². The molecule has 0 radical (unpaired) electrons. The van der Waals surface area contributed by atoms with Gasteiger partial charge in [0.1, 0.15) is 0 Å². The van der Waals surface area contributed by atoms with Crippen molar-refractivity contribution in [1.82, 2.24) is 15.5 Å². The molecule has 0 bridgehead atoms. The Morgan fingerprint density at radius 2 is 2.14 bits per heavy atom. The van der Waals surface area contributed by atoms with E-state index in [0.717, 1.165) is 0 Å². The van der Waals surface area contributed by atoms with Crippen LogP contribution in [-0.4, -0.2) is 42.5 Å². The number of aryl methyl sites for hydroxylation is 1. The molecule has 1 fully saturated rings. The molecule has 1 aromatic rings. The maximum absolute atomic E-state index is 11.8. The third-order valence-electron chi connectivity index (χ3n) is 3.62. The first-order valence-corrected chi connectivity index (χ1v) is 9.28. The van der Waals surface area contributed by atoms with Gasteiger partial charge in [-0.1, -0.05) is 25.9 Å². The molecule has 0 unspecified atom stereocenters. The van der Waals surface area contributed by atoms with E-state index in [1.807, 2.05) is 20.8 Å². The summed E-state index contributed by atoms with van der Waals surface area (Å²) in [5.41, 5.74) is -0.183. The molecule has 7 nitrogen and oxygen atoms in total.